The van der Waals surface area contributed by atoms with Crippen LogP contribution in [0.25, 0.3) is 21.9 Å². The number of hydrogen-bond donors (Lipinski definition) is 2. The van der Waals surface area contributed by atoms with Crippen molar-refractivity contribution in [3.8, 4) is 0 Å². The van der Waals surface area contributed by atoms with Crippen LogP contribution in [0.4, 0.5) is 5.69 Å². The lowest BCUT2D eigenvalue weighted by molar-refractivity contribution is 0.0964. The number of nitrogens with one attached hydrogen (secondary N) is 2. The lowest BCUT2D eigenvalue weighted by Gasteiger charge is -2.36. The van der Waals surface area contributed by atoms with Crippen molar-refractivity contribution in [3.05, 3.63) is 69.8 Å². The molecule has 0 unspecified atom stereocenters. The molecule has 0 radical (unpaired) electrons. The van der Waals surface area contributed by atoms with Crippen LogP contribution in [0.2, 0.25) is 0 Å². The first-order valence-electron chi connectivity index (χ1n) is 11.8. The molecular formula is C26H30N6O2. The predicted molar refractivity (Wildman–Crippen MR) is 136 cm³/mol. The second-order valence-corrected chi connectivity index (χ2v) is 8.92. The zero-order valence-electron chi connectivity index (χ0n) is 19.9. The predicted octanol–water partition coefficient (Wildman–Crippen LogP) is 2.66. The number of piperazine rings is 1. The smallest absolute Gasteiger partial charge is 0.253 e. The first kappa shape index (κ1) is 22.2. The molecule has 34 heavy (non-hydrogen) atoms. The average Bonchev–Trinajstić information content (AvgIpc) is 3.25. The monoisotopic (exact) mass is 458 g/mol. The van der Waals surface area contributed by atoms with Gasteiger partial charge in [0.15, 0.2) is 0 Å². The van der Waals surface area contributed by atoms with Crippen LogP contribution >= 0.6 is 0 Å². The first-order chi connectivity index (χ1) is 16.5. The van der Waals surface area contributed by atoms with Crippen LogP contribution in [0.3, 0.4) is 0 Å². The number of benzene rings is 1. The van der Waals surface area contributed by atoms with E-state index in [9.17, 15) is 9.59 Å². The molecule has 0 saturated carbocycles. The number of pyridine rings is 2. The number of H-pyrrole nitrogens is 1. The van der Waals surface area contributed by atoms with E-state index in [4.69, 9.17) is 0 Å². The van der Waals surface area contributed by atoms with Gasteiger partial charge in [-0.2, -0.15) is 0 Å². The summed E-state index contributed by atoms with van der Waals surface area (Å²) in [5.74, 6) is -0.0700. The van der Waals surface area contributed by atoms with Gasteiger partial charge < -0.3 is 19.8 Å². The molecule has 8 heteroatoms. The van der Waals surface area contributed by atoms with Crippen LogP contribution < -0.4 is 15.8 Å². The number of aromatic amines is 1. The third-order valence-corrected chi connectivity index (χ3v) is 6.81. The highest BCUT2D eigenvalue weighted by molar-refractivity contribution is 6.09. The third kappa shape index (κ3) is 3.94. The van der Waals surface area contributed by atoms with E-state index in [0.717, 1.165) is 65.8 Å². The number of aromatic nitrogens is 3. The molecule has 0 aliphatic carbocycles. The standard InChI is InChI=1S/C26H30N6O2/c1-4-18-14-21-22(29-25(18)33)13-17(15-28-21)16-31-9-11-32(12-10-31)23-6-5-20(26(34)27-2)24-19(23)7-8-30(24)3/h5-8,13-15H,4,9-12,16H2,1-3H3,(H,27,34)(H,29,33). The maximum atomic E-state index is 12.3. The summed E-state index contributed by atoms with van der Waals surface area (Å²) in [4.78, 5) is 36.9. The highest BCUT2D eigenvalue weighted by Gasteiger charge is 2.22. The third-order valence-electron chi connectivity index (χ3n) is 6.81. The summed E-state index contributed by atoms with van der Waals surface area (Å²) < 4.78 is 2.01. The molecule has 1 aliphatic heterocycles. The topological polar surface area (TPSA) is 86.3 Å². The van der Waals surface area contributed by atoms with Gasteiger partial charge in [0.05, 0.1) is 22.1 Å². The van der Waals surface area contributed by atoms with E-state index >= 15 is 0 Å². The molecule has 1 saturated heterocycles. The number of carbonyl (C=O) groups is 1. The van der Waals surface area contributed by atoms with Gasteiger partial charge in [-0.05, 0) is 42.3 Å². The van der Waals surface area contributed by atoms with Crippen molar-refractivity contribution in [2.75, 3.05) is 38.1 Å². The molecule has 0 atom stereocenters. The van der Waals surface area contributed by atoms with Gasteiger partial charge in [0.1, 0.15) is 0 Å². The highest BCUT2D eigenvalue weighted by atomic mass is 16.1. The van der Waals surface area contributed by atoms with Crippen molar-refractivity contribution in [3.63, 3.8) is 0 Å². The molecule has 1 aromatic carbocycles. The van der Waals surface area contributed by atoms with E-state index in [2.05, 4.69) is 37.2 Å². The summed E-state index contributed by atoms with van der Waals surface area (Å²) >= 11 is 0. The van der Waals surface area contributed by atoms with Gasteiger partial charge in [-0.1, -0.05) is 6.92 Å². The molecule has 0 bridgehead atoms. The first-order valence-corrected chi connectivity index (χ1v) is 11.8. The van der Waals surface area contributed by atoms with Crippen LogP contribution in [-0.4, -0.2) is 58.6 Å². The van der Waals surface area contributed by atoms with Crippen LogP contribution in [0, 0.1) is 0 Å². The molecule has 2 N–H and O–H groups in total. The molecule has 4 heterocycles. The summed E-state index contributed by atoms with van der Waals surface area (Å²) in [6.07, 6.45) is 4.62. The van der Waals surface area contributed by atoms with Crippen LogP contribution in [-0.2, 0) is 20.0 Å². The molecule has 3 aromatic heterocycles. The van der Waals surface area contributed by atoms with Crippen molar-refractivity contribution in [2.45, 2.75) is 19.9 Å². The molecule has 176 valence electrons. The van der Waals surface area contributed by atoms with Crippen molar-refractivity contribution < 1.29 is 4.79 Å². The summed E-state index contributed by atoms with van der Waals surface area (Å²) in [5, 5.41) is 3.84. The Labute approximate surface area is 198 Å². The van der Waals surface area contributed by atoms with Gasteiger partial charge >= 0.3 is 0 Å². The summed E-state index contributed by atoms with van der Waals surface area (Å²) in [6.45, 7) is 6.43. The number of nitrogens with zero attached hydrogens (tertiary/aromatic N) is 4. The minimum atomic E-state index is -0.0700. The normalized spacial score (nSPS) is 14.7. The van der Waals surface area contributed by atoms with Crippen LogP contribution in [0.5, 0.6) is 0 Å². The largest absolute Gasteiger partial charge is 0.368 e. The van der Waals surface area contributed by atoms with Gasteiger partial charge in [0.2, 0.25) is 0 Å². The molecular weight excluding hydrogens is 428 g/mol. The van der Waals surface area contributed by atoms with Gasteiger partial charge in [0, 0.05) is 75.8 Å². The Morgan fingerprint density at radius 3 is 2.68 bits per heavy atom. The number of carbonyl (C=O) groups excluding carboxylic acids is 1. The van der Waals surface area contributed by atoms with Crippen molar-refractivity contribution >= 4 is 33.5 Å². The maximum absolute atomic E-state index is 12.3. The number of anilines is 1. The van der Waals surface area contributed by atoms with Crippen molar-refractivity contribution in [1.29, 1.82) is 0 Å². The minimum Gasteiger partial charge on any atom is -0.368 e. The fourth-order valence-corrected chi connectivity index (χ4v) is 4.92. The van der Waals surface area contributed by atoms with Gasteiger partial charge in [-0.3, -0.25) is 19.5 Å². The van der Waals surface area contributed by atoms with E-state index in [1.165, 1.54) is 5.69 Å². The minimum absolute atomic E-state index is 0.0303. The van der Waals surface area contributed by atoms with Gasteiger partial charge in [0.25, 0.3) is 11.5 Å². The molecule has 0 spiro atoms. The molecule has 1 aliphatic rings. The Bertz CT molecular complexity index is 1430. The number of hydrogen-bond acceptors (Lipinski definition) is 5. The lowest BCUT2D eigenvalue weighted by atomic mass is 10.1. The fourth-order valence-electron chi connectivity index (χ4n) is 4.92. The summed E-state index contributed by atoms with van der Waals surface area (Å²) in [6, 6.07) is 10.0. The Kier molecular flexibility index (Phi) is 5.83. The van der Waals surface area contributed by atoms with E-state index in [1.807, 2.05) is 49.1 Å². The second kappa shape index (κ2) is 8.95. The lowest BCUT2D eigenvalue weighted by Crippen LogP contribution is -2.46. The van der Waals surface area contributed by atoms with Gasteiger partial charge in [-0.25, -0.2) is 0 Å². The van der Waals surface area contributed by atoms with Crippen LogP contribution in [0.15, 0.2) is 47.5 Å². The number of rotatable bonds is 5. The Balaban J connectivity index is 1.31. The number of fused-ring (bicyclic) bond motifs is 2. The van der Waals surface area contributed by atoms with E-state index in [1.54, 1.807) is 7.05 Å². The molecule has 4 aromatic rings. The van der Waals surface area contributed by atoms with E-state index < -0.39 is 0 Å². The number of amides is 1. The Morgan fingerprint density at radius 1 is 1.15 bits per heavy atom. The molecule has 1 amide bonds. The van der Waals surface area contributed by atoms with E-state index in [-0.39, 0.29) is 11.5 Å². The zero-order valence-corrected chi connectivity index (χ0v) is 19.9. The fraction of sp³-hybridized carbons (Fsp3) is 0.346. The SMILES string of the molecule is CCc1cc2ncc(CN3CCN(c4ccc(C(=O)NC)c5c4ccn5C)CC3)cc2[nH]c1=O. The molecule has 8 nitrogen and oxygen atoms in total. The van der Waals surface area contributed by atoms with Gasteiger partial charge in [-0.15, -0.1) is 0 Å². The zero-order chi connectivity index (χ0) is 23.8. The Hall–Kier alpha value is -3.65. The summed E-state index contributed by atoms with van der Waals surface area (Å²) in [7, 11) is 3.64. The van der Waals surface area contributed by atoms with E-state index in [0.29, 0.717) is 12.0 Å². The van der Waals surface area contributed by atoms with Crippen molar-refractivity contribution in [1.82, 2.24) is 24.8 Å². The average molecular weight is 459 g/mol. The second-order valence-electron chi connectivity index (χ2n) is 8.92. The maximum Gasteiger partial charge on any atom is 0.253 e. The highest BCUT2D eigenvalue weighted by Crippen LogP contribution is 2.31. The molecule has 1 fully saturated rings. The van der Waals surface area contributed by atoms with Crippen molar-refractivity contribution in [2.24, 2.45) is 7.05 Å². The molecule has 5 rings (SSSR count). The number of aryl methyl sites for hydroxylation is 2. The summed E-state index contributed by atoms with van der Waals surface area (Å²) in [5.41, 5.74) is 6.28. The quantitative estimate of drug-likeness (QED) is 0.480. The van der Waals surface area contributed by atoms with Crippen LogP contribution in [0.1, 0.15) is 28.4 Å². The Morgan fingerprint density at radius 2 is 1.94 bits per heavy atom.